The summed E-state index contributed by atoms with van der Waals surface area (Å²) >= 11 is 0. The van der Waals surface area contributed by atoms with Crippen LogP contribution in [0.5, 0.6) is 0 Å². The van der Waals surface area contributed by atoms with E-state index >= 15 is 0 Å². The van der Waals surface area contributed by atoms with E-state index in [1.807, 2.05) is 0 Å². The smallest absolute Gasteiger partial charge is 0.0897 e. The minimum Gasteiger partial charge on any atom is -0.389 e. The van der Waals surface area contributed by atoms with Crippen LogP contribution in [0.25, 0.3) is 0 Å². The molecule has 2 N–H and O–H groups in total. The summed E-state index contributed by atoms with van der Waals surface area (Å²) in [6.07, 6.45) is 4.47. The lowest BCUT2D eigenvalue weighted by Crippen LogP contribution is -2.32. The molecule has 110 valence electrons. The van der Waals surface area contributed by atoms with Crippen LogP contribution in [0.4, 0.5) is 0 Å². The van der Waals surface area contributed by atoms with Gasteiger partial charge in [0.25, 0.3) is 0 Å². The fraction of sp³-hybridized carbons (Fsp3) is 0.647. The second-order valence-corrected chi connectivity index (χ2v) is 6.34. The van der Waals surface area contributed by atoms with Crippen molar-refractivity contribution in [3.63, 3.8) is 0 Å². The van der Waals surface area contributed by atoms with E-state index in [0.717, 1.165) is 25.4 Å². The predicted octanol–water partition coefficient (Wildman–Crippen LogP) is 2.36. The summed E-state index contributed by atoms with van der Waals surface area (Å²) in [5.41, 5.74) is 4.18. The Labute approximate surface area is 121 Å². The highest BCUT2D eigenvalue weighted by Gasteiger charge is 2.23. The summed E-state index contributed by atoms with van der Waals surface area (Å²) in [5.74, 6) is 0.764. The zero-order chi connectivity index (χ0) is 13.9. The lowest BCUT2D eigenvalue weighted by Gasteiger charge is -2.18. The SMILES string of the molecule is Cc1ccc2c(c1)C(NCC(O)COCC1CC1)CC2. The summed E-state index contributed by atoms with van der Waals surface area (Å²) in [5, 5.41) is 13.4. The highest BCUT2D eigenvalue weighted by Crippen LogP contribution is 2.31. The second-order valence-electron chi connectivity index (χ2n) is 6.34. The molecule has 2 unspecified atom stereocenters. The van der Waals surface area contributed by atoms with Gasteiger partial charge in [0.15, 0.2) is 0 Å². The zero-order valence-electron chi connectivity index (χ0n) is 12.3. The average Bonchev–Trinajstić information content (AvgIpc) is 3.16. The number of hydrogen-bond donors (Lipinski definition) is 2. The van der Waals surface area contributed by atoms with Gasteiger partial charge in [0.05, 0.1) is 12.7 Å². The topological polar surface area (TPSA) is 41.5 Å². The van der Waals surface area contributed by atoms with E-state index in [1.165, 1.54) is 29.5 Å². The van der Waals surface area contributed by atoms with Crippen molar-refractivity contribution in [1.82, 2.24) is 5.32 Å². The van der Waals surface area contributed by atoms with Gasteiger partial charge in [0, 0.05) is 19.2 Å². The van der Waals surface area contributed by atoms with Crippen molar-refractivity contribution in [1.29, 1.82) is 0 Å². The standard InChI is InChI=1S/C17H25NO2/c1-12-2-5-14-6-7-17(16(14)8-12)18-9-15(19)11-20-10-13-3-4-13/h2,5,8,13,15,17-19H,3-4,6-7,9-11H2,1H3. The van der Waals surface area contributed by atoms with Crippen molar-refractivity contribution in [2.45, 2.75) is 44.8 Å². The normalized spacial score (nSPS) is 22.8. The molecule has 2 atom stereocenters. The van der Waals surface area contributed by atoms with Gasteiger partial charge in [-0.25, -0.2) is 0 Å². The molecule has 0 radical (unpaired) electrons. The van der Waals surface area contributed by atoms with Crippen LogP contribution in [0, 0.1) is 12.8 Å². The van der Waals surface area contributed by atoms with Crippen LogP contribution < -0.4 is 5.32 Å². The Morgan fingerprint density at radius 1 is 1.35 bits per heavy atom. The molecule has 3 nitrogen and oxygen atoms in total. The number of hydrogen-bond acceptors (Lipinski definition) is 3. The van der Waals surface area contributed by atoms with E-state index in [2.05, 4.69) is 30.4 Å². The lowest BCUT2D eigenvalue weighted by molar-refractivity contribution is 0.0312. The van der Waals surface area contributed by atoms with Gasteiger partial charge >= 0.3 is 0 Å². The number of aliphatic hydroxyl groups is 1. The number of aryl methyl sites for hydroxylation is 2. The van der Waals surface area contributed by atoms with Gasteiger partial charge in [-0.15, -0.1) is 0 Å². The molecule has 1 aromatic rings. The Hall–Kier alpha value is -0.900. The average molecular weight is 275 g/mol. The van der Waals surface area contributed by atoms with E-state index in [9.17, 15) is 5.11 Å². The molecule has 2 aliphatic rings. The van der Waals surface area contributed by atoms with Gasteiger partial charge in [-0.1, -0.05) is 23.8 Å². The third kappa shape index (κ3) is 3.60. The molecule has 0 aliphatic heterocycles. The first-order valence-electron chi connectivity index (χ1n) is 7.81. The maximum Gasteiger partial charge on any atom is 0.0897 e. The van der Waals surface area contributed by atoms with E-state index in [0.29, 0.717) is 19.2 Å². The number of fused-ring (bicyclic) bond motifs is 1. The van der Waals surface area contributed by atoms with Crippen molar-refractivity contribution >= 4 is 0 Å². The van der Waals surface area contributed by atoms with Crippen molar-refractivity contribution in [2.75, 3.05) is 19.8 Å². The van der Waals surface area contributed by atoms with E-state index < -0.39 is 6.10 Å². The van der Waals surface area contributed by atoms with Crippen LogP contribution in [0.15, 0.2) is 18.2 Å². The van der Waals surface area contributed by atoms with Gasteiger partial charge in [-0.05, 0) is 49.7 Å². The molecular formula is C17H25NO2. The first-order chi connectivity index (χ1) is 9.72. The fourth-order valence-corrected chi connectivity index (χ4v) is 2.93. The van der Waals surface area contributed by atoms with E-state index in [4.69, 9.17) is 4.74 Å². The Bertz CT molecular complexity index is 456. The quantitative estimate of drug-likeness (QED) is 0.802. The van der Waals surface area contributed by atoms with Gasteiger partial charge in [-0.2, -0.15) is 0 Å². The summed E-state index contributed by atoms with van der Waals surface area (Å²) in [7, 11) is 0. The maximum absolute atomic E-state index is 9.96. The van der Waals surface area contributed by atoms with Gasteiger partial charge in [-0.3, -0.25) is 0 Å². The lowest BCUT2D eigenvalue weighted by atomic mass is 10.0. The molecule has 20 heavy (non-hydrogen) atoms. The molecule has 1 aromatic carbocycles. The van der Waals surface area contributed by atoms with Gasteiger partial charge in [0.2, 0.25) is 0 Å². The number of aliphatic hydroxyl groups excluding tert-OH is 1. The first-order valence-corrected chi connectivity index (χ1v) is 7.81. The molecule has 0 heterocycles. The van der Waals surface area contributed by atoms with E-state index in [-0.39, 0.29) is 0 Å². The molecular weight excluding hydrogens is 250 g/mol. The third-order valence-corrected chi connectivity index (χ3v) is 4.34. The van der Waals surface area contributed by atoms with Crippen LogP contribution in [0.1, 0.15) is 42.0 Å². The molecule has 3 rings (SSSR count). The van der Waals surface area contributed by atoms with Crippen molar-refractivity contribution < 1.29 is 9.84 Å². The number of nitrogens with one attached hydrogen (secondary N) is 1. The Morgan fingerprint density at radius 3 is 3.00 bits per heavy atom. The summed E-state index contributed by atoms with van der Waals surface area (Å²) < 4.78 is 5.53. The minimum atomic E-state index is -0.400. The zero-order valence-corrected chi connectivity index (χ0v) is 12.3. The minimum absolute atomic E-state index is 0.392. The second kappa shape index (κ2) is 6.25. The Kier molecular flexibility index (Phi) is 4.39. The highest BCUT2D eigenvalue weighted by molar-refractivity contribution is 5.37. The van der Waals surface area contributed by atoms with Crippen LogP contribution in [0.2, 0.25) is 0 Å². The third-order valence-electron chi connectivity index (χ3n) is 4.34. The molecule has 0 aromatic heterocycles. The highest BCUT2D eigenvalue weighted by atomic mass is 16.5. The molecule has 3 heteroatoms. The molecule has 0 amide bonds. The molecule has 1 saturated carbocycles. The molecule has 0 spiro atoms. The number of rotatable bonds is 7. The van der Waals surface area contributed by atoms with Crippen molar-refractivity contribution in [3.05, 3.63) is 34.9 Å². The van der Waals surface area contributed by atoms with Crippen molar-refractivity contribution in [2.24, 2.45) is 5.92 Å². The molecule has 2 aliphatic carbocycles. The predicted molar refractivity (Wildman–Crippen MR) is 79.8 cm³/mol. The molecule has 0 saturated heterocycles. The molecule has 1 fully saturated rings. The van der Waals surface area contributed by atoms with Gasteiger partial charge in [0.1, 0.15) is 0 Å². The molecule has 0 bridgehead atoms. The largest absolute Gasteiger partial charge is 0.389 e. The fourth-order valence-electron chi connectivity index (χ4n) is 2.93. The van der Waals surface area contributed by atoms with Crippen LogP contribution >= 0.6 is 0 Å². The van der Waals surface area contributed by atoms with Crippen LogP contribution in [-0.4, -0.2) is 31.0 Å². The van der Waals surface area contributed by atoms with Crippen molar-refractivity contribution in [3.8, 4) is 0 Å². The summed E-state index contributed by atoms with van der Waals surface area (Å²) in [6, 6.07) is 7.09. The maximum atomic E-state index is 9.96. The Balaban J connectivity index is 1.43. The number of benzene rings is 1. The number of ether oxygens (including phenoxy) is 1. The van der Waals surface area contributed by atoms with E-state index in [1.54, 1.807) is 0 Å². The summed E-state index contributed by atoms with van der Waals surface area (Å²) in [6.45, 7) is 4.03. The first kappa shape index (κ1) is 14.1. The van der Waals surface area contributed by atoms with Crippen LogP contribution in [0.3, 0.4) is 0 Å². The monoisotopic (exact) mass is 275 g/mol. The van der Waals surface area contributed by atoms with Crippen LogP contribution in [-0.2, 0) is 11.2 Å². The summed E-state index contributed by atoms with van der Waals surface area (Å²) in [4.78, 5) is 0. The Morgan fingerprint density at radius 2 is 2.20 bits per heavy atom. The van der Waals surface area contributed by atoms with Gasteiger partial charge < -0.3 is 15.2 Å².